The Labute approximate surface area is 187 Å². The minimum Gasteiger partial charge on any atom is -0.466 e. The molecule has 1 fully saturated rings. The highest BCUT2D eigenvalue weighted by Crippen LogP contribution is 2.26. The zero-order chi connectivity index (χ0) is 23.3. The second-order valence-corrected chi connectivity index (χ2v) is 9.46. The van der Waals surface area contributed by atoms with Crippen LogP contribution in [-0.4, -0.2) is 49.5 Å². The number of esters is 1. The van der Waals surface area contributed by atoms with Crippen molar-refractivity contribution in [1.29, 1.82) is 0 Å². The number of benzene rings is 1. The average molecular weight is 462 g/mol. The molecule has 1 saturated heterocycles. The number of aryl methyl sites for hydroxylation is 1. The summed E-state index contributed by atoms with van der Waals surface area (Å²) in [6.45, 7) is 5.77. The van der Waals surface area contributed by atoms with Gasteiger partial charge in [-0.15, -0.1) is 0 Å². The fourth-order valence-corrected chi connectivity index (χ4v) is 4.96. The van der Waals surface area contributed by atoms with Gasteiger partial charge in [-0.05, 0) is 50.5 Å². The third kappa shape index (κ3) is 5.43. The molecule has 0 atom stereocenters. The van der Waals surface area contributed by atoms with Crippen molar-refractivity contribution in [3.05, 3.63) is 41.3 Å². The van der Waals surface area contributed by atoms with Gasteiger partial charge in [0, 0.05) is 20.0 Å². The van der Waals surface area contributed by atoms with Crippen LogP contribution < -0.4 is 5.32 Å². The number of carbonyl (C=O) groups excluding carboxylic acids is 2. The molecule has 1 aliphatic heterocycles. The Bertz CT molecular complexity index is 1100. The van der Waals surface area contributed by atoms with Gasteiger partial charge in [0.2, 0.25) is 15.9 Å². The number of hydrogen-bond acceptors (Lipinski definition) is 7. The van der Waals surface area contributed by atoms with Crippen LogP contribution in [0.15, 0.2) is 33.7 Å². The Morgan fingerprint density at radius 3 is 2.47 bits per heavy atom. The molecule has 0 radical (unpaired) electrons. The van der Waals surface area contributed by atoms with E-state index < -0.39 is 10.0 Å². The highest BCUT2D eigenvalue weighted by atomic mass is 32.2. The highest BCUT2D eigenvalue weighted by molar-refractivity contribution is 7.89. The van der Waals surface area contributed by atoms with Crippen LogP contribution in [0.25, 0.3) is 12.2 Å². The molecule has 1 N–H and O–H groups in total. The van der Waals surface area contributed by atoms with Crippen LogP contribution in [-0.2, 0) is 24.3 Å². The Morgan fingerprint density at radius 2 is 1.88 bits per heavy atom. The molecule has 0 saturated carbocycles. The van der Waals surface area contributed by atoms with E-state index in [9.17, 15) is 18.0 Å². The van der Waals surface area contributed by atoms with Crippen molar-refractivity contribution in [2.45, 2.75) is 38.5 Å². The molecule has 1 aromatic carbocycles. The van der Waals surface area contributed by atoms with E-state index in [1.54, 1.807) is 50.3 Å². The number of nitrogens with zero attached hydrogens (tertiary/aromatic N) is 2. The first-order chi connectivity index (χ1) is 15.2. The number of amides is 1. The van der Waals surface area contributed by atoms with Crippen molar-refractivity contribution < 1.29 is 27.3 Å². The molecule has 2 aromatic rings. The fourth-order valence-electron chi connectivity index (χ4n) is 3.49. The van der Waals surface area contributed by atoms with E-state index in [1.807, 2.05) is 0 Å². The predicted molar refractivity (Wildman–Crippen MR) is 119 cm³/mol. The zero-order valence-corrected chi connectivity index (χ0v) is 19.1. The van der Waals surface area contributed by atoms with Gasteiger partial charge in [0.05, 0.1) is 17.4 Å². The maximum absolute atomic E-state index is 13.0. The average Bonchev–Trinajstić information content (AvgIpc) is 3.11. The number of rotatable bonds is 7. The van der Waals surface area contributed by atoms with E-state index in [4.69, 9.17) is 9.26 Å². The number of anilines is 1. The van der Waals surface area contributed by atoms with Crippen LogP contribution in [0.2, 0.25) is 0 Å². The molecule has 3 rings (SSSR count). The van der Waals surface area contributed by atoms with Crippen molar-refractivity contribution >= 4 is 39.7 Å². The van der Waals surface area contributed by atoms with Crippen LogP contribution in [0.4, 0.5) is 5.69 Å². The third-order valence-corrected chi connectivity index (χ3v) is 7.12. The van der Waals surface area contributed by atoms with Crippen molar-refractivity contribution in [3.8, 4) is 0 Å². The molecule has 0 spiro atoms. The van der Waals surface area contributed by atoms with Crippen LogP contribution in [0, 0.1) is 12.8 Å². The molecule has 0 aliphatic carbocycles. The number of hydrogen-bond donors (Lipinski definition) is 1. The van der Waals surface area contributed by atoms with Crippen LogP contribution in [0.3, 0.4) is 0 Å². The van der Waals surface area contributed by atoms with Gasteiger partial charge in [0.15, 0.2) is 5.76 Å². The summed E-state index contributed by atoms with van der Waals surface area (Å²) < 4.78 is 37.6. The molecule has 1 aromatic heterocycles. The van der Waals surface area contributed by atoms with E-state index >= 15 is 0 Å². The fraction of sp³-hybridized carbons (Fsp3) is 0.409. The Kier molecular flexibility index (Phi) is 7.47. The summed E-state index contributed by atoms with van der Waals surface area (Å²) in [4.78, 5) is 23.4. The molecular weight excluding hydrogens is 434 g/mol. The van der Waals surface area contributed by atoms with Gasteiger partial charge in [-0.25, -0.2) is 8.42 Å². The van der Waals surface area contributed by atoms with Gasteiger partial charge in [0.1, 0.15) is 11.4 Å². The summed E-state index contributed by atoms with van der Waals surface area (Å²) in [5, 5.41) is 6.53. The normalized spacial score (nSPS) is 15.7. The quantitative estimate of drug-likeness (QED) is 0.629. The van der Waals surface area contributed by atoms with Crippen molar-refractivity contribution in [2.24, 2.45) is 5.92 Å². The van der Waals surface area contributed by atoms with Gasteiger partial charge in [0.25, 0.3) is 0 Å². The van der Waals surface area contributed by atoms with Crippen LogP contribution in [0.5, 0.6) is 0 Å². The summed E-state index contributed by atoms with van der Waals surface area (Å²) in [5.74, 6) is -0.342. The molecule has 2 heterocycles. The molecule has 172 valence electrons. The first-order valence-corrected chi connectivity index (χ1v) is 11.8. The lowest BCUT2D eigenvalue weighted by atomic mass is 9.98. The van der Waals surface area contributed by atoms with E-state index in [0.29, 0.717) is 36.6 Å². The topological polar surface area (TPSA) is 119 Å². The molecule has 1 amide bonds. The molecule has 1 aliphatic rings. The smallest absolute Gasteiger partial charge is 0.309 e. The second kappa shape index (κ2) is 10.1. The lowest BCUT2D eigenvalue weighted by Gasteiger charge is -2.30. The Hall–Kier alpha value is -2.98. The molecule has 32 heavy (non-hydrogen) atoms. The lowest BCUT2D eigenvalue weighted by Crippen LogP contribution is -2.40. The first-order valence-electron chi connectivity index (χ1n) is 10.4. The van der Waals surface area contributed by atoms with E-state index in [0.717, 1.165) is 5.56 Å². The molecule has 0 unspecified atom stereocenters. The standard InChI is InChI=1S/C22H27N3O6S/c1-4-30-22(27)18-11-13-25(14-12-18)32(28,29)19-8-5-17(6-9-19)7-10-20-21(23-16(3)26)15(2)24-31-20/h5-10,18H,4,11-14H2,1-3H3,(H,23,26). The maximum atomic E-state index is 13.0. The van der Waals surface area contributed by atoms with Gasteiger partial charge in [-0.1, -0.05) is 23.4 Å². The number of ether oxygens (including phenoxy) is 1. The zero-order valence-electron chi connectivity index (χ0n) is 18.3. The monoisotopic (exact) mass is 461 g/mol. The van der Waals surface area contributed by atoms with Crippen LogP contribution in [0.1, 0.15) is 43.7 Å². The number of carbonyl (C=O) groups is 2. The molecular formula is C22H27N3O6S. The largest absolute Gasteiger partial charge is 0.466 e. The van der Waals surface area contributed by atoms with Gasteiger partial charge in [-0.3, -0.25) is 9.59 Å². The minimum atomic E-state index is -3.64. The summed E-state index contributed by atoms with van der Waals surface area (Å²) >= 11 is 0. The second-order valence-electron chi connectivity index (χ2n) is 7.52. The summed E-state index contributed by atoms with van der Waals surface area (Å²) in [6, 6.07) is 6.48. The van der Waals surface area contributed by atoms with Gasteiger partial charge >= 0.3 is 5.97 Å². The van der Waals surface area contributed by atoms with Crippen molar-refractivity contribution in [1.82, 2.24) is 9.46 Å². The van der Waals surface area contributed by atoms with Gasteiger partial charge < -0.3 is 14.6 Å². The summed E-state index contributed by atoms with van der Waals surface area (Å²) in [5.41, 5.74) is 1.82. The number of piperidine rings is 1. The van der Waals surface area contributed by atoms with Crippen LogP contribution >= 0.6 is 0 Å². The van der Waals surface area contributed by atoms with E-state index in [2.05, 4.69) is 10.5 Å². The predicted octanol–water partition coefficient (Wildman–Crippen LogP) is 3.08. The maximum Gasteiger partial charge on any atom is 0.309 e. The third-order valence-electron chi connectivity index (χ3n) is 5.21. The number of sulfonamides is 1. The van der Waals surface area contributed by atoms with Crippen molar-refractivity contribution in [3.63, 3.8) is 0 Å². The Morgan fingerprint density at radius 1 is 1.22 bits per heavy atom. The van der Waals surface area contributed by atoms with Gasteiger partial charge in [-0.2, -0.15) is 4.31 Å². The number of aromatic nitrogens is 1. The molecule has 0 bridgehead atoms. The summed E-state index contributed by atoms with van der Waals surface area (Å²) in [6.07, 6.45) is 4.31. The molecule has 10 heteroatoms. The van der Waals surface area contributed by atoms with Crippen molar-refractivity contribution in [2.75, 3.05) is 25.0 Å². The number of nitrogens with one attached hydrogen (secondary N) is 1. The minimum absolute atomic E-state index is 0.193. The molecule has 9 nitrogen and oxygen atoms in total. The SMILES string of the molecule is CCOC(=O)C1CCN(S(=O)(=O)c2ccc(C=Cc3onc(C)c3NC(C)=O)cc2)CC1. The highest BCUT2D eigenvalue weighted by Gasteiger charge is 2.32. The lowest BCUT2D eigenvalue weighted by molar-refractivity contribution is -0.149. The summed E-state index contributed by atoms with van der Waals surface area (Å²) in [7, 11) is -3.64. The van der Waals surface area contributed by atoms with E-state index in [1.165, 1.54) is 11.2 Å². The van der Waals surface area contributed by atoms with E-state index in [-0.39, 0.29) is 35.8 Å². The first kappa shape index (κ1) is 23.7. The Balaban J connectivity index is 1.67.